The van der Waals surface area contributed by atoms with Gasteiger partial charge in [0, 0.05) is 50.6 Å². The van der Waals surface area contributed by atoms with Crippen LogP contribution in [0.2, 0.25) is 0 Å². The van der Waals surface area contributed by atoms with Gasteiger partial charge in [0.05, 0.1) is 0 Å². The summed E-state index contributed by atoms with van der Waals surface area (Å²) in [5.74, 6) is 3.40. The number of hydrogen-bond donors (Lipinski definition) is 1. The molecule has 2 aliphatic heterocycles. The van der Waals surface area contributed by atoms with Gasteiger partial charge in [-0.1, -0.05) is 13.8 Å². The highest BCUT2D eigenvalue weighted by Crippen LogP contribution is 2.18. The molecule has 0 radical (unpaired) electrons. The summed E-state index contributed by atoms with van der Waals surface area (Å²) in [5, 5.41) is 3.80. The number of hydrogen-bond acceptors (Lipinski definition) is 4. The summed E-state index contributed by atoms with van der Waals surface area (Å²) in [6, 6.07) is 1.48. The van der Waals surface area contributed by atoms with E-state index in [9.17, 15) is 0 Å². The van der Waals surface area contributed by atoms with E-state index in [2.05, 4.69) is 47.8 Å². The fourth-order valence-electron chi connectivity index (χ4n) is 2.92. The maximum absolute atomic E-state index is 3.80. The first-order valence-electron chi connectivity index (χ1n) is 7.40. The van der Waals surface area contributed by atoms with Crippen LogP contribution >= 0.6 is 11.8 Å². The third-order valence-corrected chi connectivity index (χ3v) is 5.48. The molecule has 2 saturated heterocycles. The maximum Gasteiger partial charge on any atom is 0.0244 e. The van der Waals surface area contributed by atoms with Gasteiger partial charge < -0.3 is 10.2 Å². The van der Waals surface area contributed by atoms with Crippen LogP contribution in [0.3, 0.4) is 0 Å². The molecule has 2 rings (SSSR count). The Morgan fingerprint density at radius 3 is 2.50 bits per heavy atom. The highest BCUT2D eigenvalue weighted by atomic mass is 32.2. The lowest BCUT2D eigenvalue weighted by molar-refractivity contribution is 0.0864. The van der Waals surface area contributed by atoms with Crippen LogP contribution in [0.4, 0.5) is 0 Å². The first-order chi connectivity index (χ1) is 8.66. The Morgan fingerprint density at radius 2 is 1.94 bits per heavy atom. The van der Waals surface area contributed by atoms with Gasteiger partial charge in [0.25, 0.3) is 0 Å². The average molecular weight is 271 g/mol. The van der Waals surface area contributed by atoms with E-state index in [1.165, 1.54) is 50.7 Å². The largest absolute Gasteiger partial charge is 0.312 e. The van der Waals surface area contributed by atoms with Gasteiger partial charge in [0.1, 0.15) is 0 Å². The van der Waals surface area contributed by atoms with Gasteiger partial charge in [-0.05, 0) is 25.1 Å². The molecule has 2 fully saturated rings. The molecular formula is C14H29N3S. The molecular weight excluding hydrogens is 242 g/mol. The molecule has 0 aliphatic carbocycles. The standard InChI is InChI=1S/C14H29N3S/c1-12(2)14(10-15-13-4-9-18-11-13)17-7-5-16(3)6-8-17/h12-15H,4-11H2,1-3H3. The Balaban J connectivity index is 1.79. The van der Waals surface area contributed by atoms with Gasteiger partial charge in [0.2, 0.25) is 0 Å². The Morgan fingerprint density at radius 1 is 1.22 bits per heavy atom. The van der Waals surface area contributed by atoms with Crippen LogP contribution < -0.4 is 5.32 Å². The van der Waals surface area contributed by atoms with Crippen molar-refractivity contribution in [2.75, 3.05) is 51.3 Å². The van der Waals surface area contributed by atoms with Crippen molar-refractivity contribution >= 4 is 11.8 Å². The van der Waals surface area contributed by atoms with Gasteiger partial charge in [0.15, 0.2) is 0 Å². The molecule has 3 nitrogen and oxygen atoms in total. The molecule has 2 heterocycles. The lowest BCUT2D eigenvalue weighted by atomic mass is 10.0. The molecule has 106 valence electrons. The summed E-state index contributed by atoms with van der Waals surface area (Å²) in [6.07, 6.45) is 1.36. The zero-order valence-electron chi connectivity index (χ0n) is 12.2. The Hall–Kier alpha value is 0.230. The second-order valence-corrected chi connectivity index (χ2v) is 7.27. The van der Waals surface area contributed by atoms with Crippen molar-refractivity contribution in [2.45, 2.75) is 32.4 Å². The van der Waals surface area contributed by atoms with Crippen molar-refractivity contribution in [3.05, 3.63) is 0 Å². The third kappa shape index (κ3) is 4.12. The van der Waals surface area contributed by atoms with Crippen molar-refractivity contribution in [1.82, 2.24) is 15.1 Å². The number of thioether (sulfide) groups is 1. The molecule has 18 heavy (non-hydrogen) atoms. The smallest absolute Gasteiger partial charge is 0.0244 e. The molecule has 0 aromatic heterocycles. The average Bonchev–Trinajstić information content (AvgIpc) is 2.84. The highest BCUT2D eigenvalue weighted by Gasteiger charge is 2.26. The van der Waals surface area contributed by atoms with E-state index in [1.54, 1.807) is 0 Å². The van der Waals surface area contributed by atoms with Gasteiger partial charge >= 0.3 is 0 Å². The van der Waals surface area contributed by atoms with Crippen molar-refractivity contribution in [3.63, 3.8) is 0 Å². The van der Waals surface area contributed by atoms with Gasteiger partial charge in [-0.25, -0.2) is 0 Å². The van der Waals surface area contributed by atoms with E-state index in [4.69, 9.17) is 0 Å². The zero-order chi connectivity index (χ0) is 13.0. The van der Waals surface area contributed by atoms with Crippen molar-refractivity contribution in [3.8, 4) is 0 Å². The van der Waals surface area contributed by atoms with E-state index >= 15 is 0 Å². The summed E-state index contributed by atoms with van der Waals surface area (Å²) >= 11 is 2.10. The molecule has 0 amide bonds. The second-order valence-electron chi connectivity index (χ2n) is 6.12. The molecule has 2 unspecified atom stereocenters. The lowest BCUT2D eigenvalue weighted by Crippen LogP contribution is -2.54. The molecule has 2 aliphatic rings. The molecule has 1 N–H and O–H groups in total. The van der Waals surface area contributed by atoms with Crippen molar-refractivity contribution in [1.29, 1.82) is 0 Å². The van der Waals surface area contributed by atoms with Crippen LogP contribution in [0, 0.1) is 5.92 Å². The minimum absolute atomic E-state index is 0.712. The number of rotatable bonds is 5. The maximum atomic E-state index is 3.80. The molecule has 4 heteroatoms. The fraction of sp³-hybridized carbons (Fsp3) is 1.00. The van der Waals surface area contributed by atoms with Crippen LogP contribution in [-0.2, 0) is 0 Å². The van der Waals surface area contributed by atoms with Crippen LogP contribution in [0.1, 0.15) is 20.3 Å². The second kappa shape index (κ2) is 7.13. The van der Waals surface area contributed by atoms with Crippen LogP contribution in [0.15, 0.2) is 0 Å². The summed E-state index contributed by atoms with van der Waals surface area (Å²) in [5.41, 5.74) is 0. The van der Waals surface area contributed by atoms with E-state index in [-0.39, 0.29) is 0 Å². The highest BCUT2D eigenvalue weighted by molar-refractivity contribution is 7.99. The summed E-state index contributed by atoms with van der Waals surface area (Å²) < 4.78 is 0. The van der Waals surface area contributed by atoms with Crippen molar-refractivity contribution in [2.24, 2.45) is 5.92 Å². The Bertz CT molecular complexity index is 233. The fourth-order valence-corrected chi connectivity index (χ4v) is 4.11. The van der Waals surface area contributed by atoms with E-state index in [0.717, 1.165) is 12.0 Å². The van der Waals surface area contributed by atoms with Gasteiger partial charge in [-0.15, -0.1) is 0 Å². The topological polar surface area (TPSA) is 18.5 Å². The first kappa shape index (κ1) is 14.6. The first-order valence-corrected chi connectivity index (χ1v) is 8.56. The Kier molecular flexibility index (Phi) is 5.80. The zero-order valence-corrected chi connectivity index (χ0v) is 13.0. The normalized spacial score (nSPS) is 29.0. The number of likely N-dealkylation sites (N-methyl/N-ethyl adjacent to an activating group) is 1. The minimum Gasteiger partial charge on any atom is -0.312 e. The molecule has 0 bridgehead atoms. The predicted octanol–water partition coefficient (Wildman–Crippen LogP) is 1.35. The number of piperazine rings is 1. The molecule has 0 spiro atoms. The Labute approximate surface area is 117 Å². The monoisotopic (exact) mass is 271 g/mol. The molecule has 0 saturated carbocycles. The minimum atomic E-state index is 0.712. The van der Waals surface area contributed by atoms with Gasteiger partial charge in [-0.3, -0.25) is 4.90 Å². The molecule has 2 atom stereocenters. The summed E-state index contributed by atoms with van der Waals surface area (Å²) in [7, 11) is 2.23. The van der Waals surface area contributed by atoms with Crippen molar-refractivity contribution < 1.29 is 0 Å². The van der Waals surface area contributed by atoms with E-state index in [0.29, 0.717) is 6.04 Å². The molecule has 0 aromatic carbocycles. The van der Waals surface area contributed by atoms with Crippen LogP contribution in [0.5, 0.6) is 0 Å². The molecule has 0 aromatic rings. The van der Waals surface area contributed by atoms with E-state index in [1.807, 2.05) is 0 Å². The lowest BCUT2D eigenvalue weighted by Gasteiger charge is -2.40. The van der Waals surface area contributed by atoms with Crippen LogP contribution in [-0.4, -0.2) is 73.2 Å². The predicted molar refractivity (Wildman–Crippen MR) is 81.4 cm³/mol. The summed E-state index contributed by atoms with van der Waals surface area (Å²) in [4.78, 5) is 5.13. The number of nitrogens with one attached hydrogen (secondary N) is 1. The quantitative estimate of drug-likeness (QED) is 0.813. The van der Waals surface area contributed by atoms with Gasteiger partial charge in [-0.2, -0.15) is 11.8 Å². The SMILES string of the molecule is CC(C)C(CNC1CCSC1)N1CCN(C)CC1. The third-order valence-electron chi connectivity index (χ3n) is 4.32. The summed E-state index contributed by atoms with van der Waals surface area (Å²) in [6.45, 7) is 10.8. The van der Waals surface area contributed by atoms with E-state index < -0.39 is 0 Å². The number of nitrogens with zero attached hydrogens (tertiary/aromatic N) is 2. The van der Waals surface area contributed by atoms with Crippen LogP contribution in [0.25, 0.3) is 0 Å².